The van der Waals surface area contributed by atoms with Crippen LogP contribution in [0.2, 0.25) is 0 Å². The van der Waals surface area contributed by atoms with Gasteiger partial charge in [-0.2, -0.15) is 8.78 Å². The smallest absolute Gasteiger partial charge is 0.432 e. The fourth-order valence-electron chi connectivity index (χ4n) is 1.89. The van der Waals surface area contributed by atoms with Crippen molar-refractivity contribution in [3.8, 4) is 5.75 Å². The highest BCUT2D eigenvalue weighted by Gasteiger charge is 2.51. The number of alkyl halides is 2. The van der Waals surface area contributed by atoms with Crippen LogP contribution in [0.4, 0.5) is 8.78 Å². The number of nitrogens with two attached hydrogens (primary N) is 1. The van der Waals surface area contributed by atoms with E-state index in [4.69, 9.17) is 15.0 Å². The minimum atomic E-state index is -3.37. The van der Waals surface area contributed by atoms with Crippen LogP contribution in [0, 0.1) is 0 Å². The van der Waals surface area contributed by atoms with Crippen LogP contribution in [-0.4, -0.2) is 31.0 Å². The Bertz CT molecular complexity index is 495. The molecule has 8 heteroatoms. The Labute approximate surface area is 135 Å². The monoisotopic (exact) mass is 335 g/mol. The summed E-state index contributed by atoms with van der Waals surface area (Å²) in [6, 6.07) is 6.18. The predicted molar refractivity (Wildman–Crippen MR) is 84.0 cm³/mol. The second-order valence-electron chi connectivity index (χ2n) is 6.10. The van der Waals surface area contributed by atoms with Gasteiger partial charge in [-0.1, -0.05) is 12.1 Å². The molecular weight excluding hydrogens is 314 g/mol. The van der Waals surface area contributed by atoms with E-state index < -0.39 is 31.0 Å². The van der Waals surface area contributed by atoms with E-state index in [2.05, 4.69) is 4.74 Å². The van der Waals surface area contributed by atoms with E-state index in [1.807, 2.05) is 27.7 Å². The Morgan fingerprint density at radius 1 is 1.09 bits per heavy atom. The van der Waals surface area contributed by atoms with E-state index >= 15 is 0 Å². The molecule has 0 atom stereocenters. The fourth-order valence-corrected chi connectivity index (χ4v) is 1.89. The van der Waals surface area contributed by atoms with E-state index in [0.29, 0.717) is 0 Å². The molecule has 2 N–H and O–H groups in total. The lowest BCUT2D eigenvalue weighted by molar-refractivity contribution is -0.166. The Morgan fingerprint density at radius 2 is 1.55 bits per heavy atom. The summed E-state index contributed by atoms with van der Waals surface area (Å²) in [4.78, 5) is 0. The molecule has 1 aromatic rings. The van der Waals surface area contributed by atoms with Gasteiger partial charge in [-0.05, 0) is 45.3 Å². The minimum Gasteiger partial charge on any atom is -0.432 e. The van der Waals surface area contributed by atoms with Crippen LogP contribution in [0.5, 0.6) is 5.75 Å². The van der Waals surface area contributed by atoms with Gasteiger partial charge in [0, 0.05) is 0 Å². The molecule has 22 heavy (non-hydrogen) atoms. The SMILES string of the molecule is CC1(C)OB(c2ccc(OC(F)(F)CN)cc2)OC1(C)C.Cl. The van der Waals surface area contributed by atoms with Crippen LogP contribution in [0.1, 0.15) is 27.7 Å². The van der Waals surface area contributed by atoms with Gasteiger partial charge in [-0.15, -0.1) is 12.4 Å². The summed E-state index contributed by atoms with van der Waals surface area (Å²) in [7, 11) is -0.529. The highest BCUT2D eigenvalue weighted by atomic mass is 35.5. The number of benzene rings is 1. The topological polar surface area (TPSA) is 53.7 Å². The Kier molecular flexibility index (Phi) is 5.50. The first-order chi connectivity index (χ1) is 9.56. The van der Waals surface area contributed by atoms with Gasteiger partial charge < -0.3 is 19.8 Å². The predicted octanol–water partition coefficient (Wildman–Crippen LogP) is 2.34. The van der Waals surface area contributed by atoms with E-state index in [1.54, 1.807) is 12.1 Å². The van der Waals surface area contributed by atoms with Crippen LogP contribution < -0.4 is 15.9 Å². The van der Waals surface area contributed by atoms with E-state index in [1.165, 1.54) is 12.1 Å². The molecule has 1 heterocycles. The number of hydrogen-bond donors (Lipinski definition) is 1. The largest absolute Gasteiger partial charge is 0.494 e. The van der Waals surface area contributed by atoms with Crippen molar-refractivity contribution in [2.45, 2.75) is 45.0 Å². The van der Waals surface area contributed by atoms with Gasteiger partial charge in [0.15, 0.2) is 0 Å². The molecule has 0 bridgehead atoms. The standard InChI is InChI=1S/C14H20BF2NO3.ClH/c1-12(2)13(3,4)21-15(20-12)10-5-7-11(8-6-10)19-14(16,17)9-18;/h5-8H,9,18H2,1-4H3;1H. The van der Waals surface area contributed by atoms with Gasteiger partial charge >= 0.3 is 13.2 Å². The normalized spacial score (nSPS) is 19.7. The molecule has 0 amide bonds. The lowest BCUT2D eigenvalue weighted by atomic mass is 9.79. The second-order valence-corrected chi connectivity index (χ2v) is 6.10. The average molecular weight is 336 g/mol. The lowest BCUT2D eigenvalue weighted by Gasteiger charge is -2.32. The molecule has 0 unspecified atom stereocenters. The summed E-state index contributed by atoms with van der Waals surface area (Å²) in [6.45, 7) is 6.93. The molecule has 124 valence electrons. The molecule has 1 fully saturated rings. The molecule has 1 aromatic carbocycles. The minimum absolute atomic E-state index is 0. The first-order valence-electron chi connectivity index (χ1n) is 6.79. The van der Waals surface area contributed by atoms with Crippen LogP contribution in [-0.2, 0) is 9.31 Å². The highest BCUT2D eigenvalue weighted by molar-refractivity contribution is 6.62. The van der Waals surface area contributed by atoms with Crippen LogP contribution in [0.3, 0.4) is 0 Å². The van der Waals surface area contributed by atoms with Crippen molar-refractivity contribution in [1.29, 1.82) is 0 Å². The summed E-state index contributed by atoms with van der Waals surface area (Å²) < 4.78 is 42.4. The Balaban J connectivity index is 0.00000242. The quantitative estimate of drug-likeness (QED) is 0.858. The van der Waals surface area contributed by atoms with Crippen molar-refractivity contribution < 1.29 is 22.8 Å². The van der Waals surface area contributed by atoms with Crippen LogP contribution in [0.25, 0.3) is 0 Å². The van der Waals surface area contributed by atoms with Gasteiger partial charge in [-0.25, -0.2) is 0 Å². The van der Waals surface area contributed by atoms with Crippen LogP contribution in [0.15, 0.2) is 24.3 Å². The number of rotatable bonds is 4. The summed E-state index contributed by atoms with van der Waals surface area (Å²) in [5.41, 5.74) is 4.79. The van der Waals surface area contributed by atoms with E-state index in [9.17, 15) is 8.78 Å². The number of hydrogen-bond acceptors (Lipinski definition) is 4. The number of ether oxygens (including phenoxy) is 1. The Morgan fingerprint density at radius 3 is 1.95 bits per heavy atom. The maximum absolute atomic E-state index is 13.0. The molecule has 0 aromatic heterocycles. The zero-order chi connectivity index (χ0) is 15.9. The summed E-state index contributed by atoms with van der Waals surface area (Å²) in [6.07, 6.45) is -3.37. The van der Waals surface area contributed by atoms with Crippen molar-refractivity contribution in [3.63, 3.8) is 0 Å². The molecule has 1 aliphatic rings. The molecule has 0 aliphatic carbocycles. The summed E-state index contributed by atoms with van der Waals surface area (Å²) >= 11 is 0. The second kappa shape index (κ2) is 6.32. The molecule has 1 saturated heterocycles. The lowest BCUT2D eigenvalue weighted by Crippen LogP contribution is -2.41. The first-order valence-corrected chi connectivity index (χ1v) is 6.79. The van der Waals surface area contributed by atoms with Gasteiger partial charge in [0.2, 0.25) is 0 Å². The highest BCUT2D eigenvalue weighted by Crippen LogP contribution is 2.36. The molecule has 0 spiro atoms. The molecule has 0 saturated carbocycles. The fraction of sp³-hybridized carbons (Fsp3) is 0.571. The Hall–Kier alpha value is -0.885. The van der Waals surface area contributed by atoms with Crippen molar-refractivity contribution in [3.05, 3.63) is 24.3 Å². The van der Waals surface area contributed by atoms with Crippen molar-refractivity contribution in [1.82, 2.24) is 0 Å². The van der Waals surface area contributed by atoms with Gasteiger partial charge in [-0.3, -0.25) is 0 Å². The van der Waals surface area contributed by atoms with Gasteiger partial charge in [0.1, 0.15) is 5.75 Å². The number of halogens is 3. The summed E-state index contributed by atoms with van der Waals surface area (Å²) in [5, 5.41) is 0. The third-order valence-corrected chi connectivity index (χ3v) is 3.91. The molecular formula is C14H21BClF2NO3. The molecule has 2 rings (SSSR count). The molecule has 0 radical (unpaired) electrons. The molecule has 1 aliphatic heterocycles. The zero-order valence-corrected chi connectivity index (χ0v) is 13.9. The van der Waals surface area contributed by atoms with Crippen molar-refractivity contribution >= 4 is 25.0 Å². The van der Waals surface area contributed by atoms with E-state index in [0.717, 1.165) is 5.46 Å². The zero-order valence-electron chi connectivity index (χ0n) is 13.1. The third kappa shape index (κ3) is 3.90. The van der Waals surface area contributed by atoms with Crippen molar-refractivity contribution in [2.24, 2.45) is 5.73 Å². The third-order valence-electron chi connectivity index (χ3n) is 3.91. The maximum Gasteiger partial charge on any atom is 0.494 e. The first kappa shape index (κ1) is 19.2. The molecule has 4 nitrogen and oxygen atoms in total. The summed E-state index contributed by atoms with van der Waals surface area (Å²) in [5.74, 6) is 0.0470. The van der Waals surface area contributed by atoms with E-state index in [-0.39, 0.29) is 18.2 Å². The van der Waals surface area contributed by atoms with Gasteiger partial charge in [0.05, 0.1) is 17.7 Å². The average Bonchev–Trinajstić information content (AvgIpc) is 2.59. The van der Waals surface area contributed by atoms with Crippen LogP contribution >= 0.6 is 12.4 Å². The van der Waals surface area contributed by atoms with Crippen molar-refractivity contribution in [2.75, 3.05) is 6.54 Å². The maximum atomic E-state index is 13.0. The van der Waals surface area contributed by atoms with Gasteiger partial charge in [0.25, 0.3) is 0 Å².